The molecule has 2 heteroatoms. The maximum atomic E-state index is 9.53. The topological polar surface area (TPSA) is 29.5 Å². The summed E-state index contributed by atoms with van der Waals surface area (Å²) in [6.07, 6.45) is 4.17. The molecule has 2 fully saturated rings. The zero-order valence-electron chi connectivity index (χ0n) is 6.18. The molecule has 1 aliphatic carbocycles. The van der Waals surface area contributed by atoms with Gasteiger partial charge < -0.3 is 9.84 Å². The van der Waals surface area contributed by atoms with Crippen LogP contribution in [-0.4, -0.2) is 23.9 Å². The fraction of sp³-hybridized carbons (Fsp3) is 1.00. The summed E-state index contributed by atoms with van der Waals surface area (Å²) in [6, 6.07) is 0. The van der Waals surface area contributed by atoms with Gasteiger partial charge in [-0.15, -0.1) is 0 Å². The van der Waals surface area contributed by atoms with Crippen LogP contribution in [0.3, 0.4) is 0 Å². The highest BCUT2D eigenvalue weighted by molar-refractivity contribution is 4.95. The van der Waals surface area contributed by atoms with Gasteiger partial charge in [-0.25, -0.2) is 0 Å². The lowest BCUT2D eigenvalue weighted by Gasteiger charge is -2.11. The Morgan fingerprint density at radius 1 is 1.50 bits per heavy atom. The van der Waals surface area contributed by atoms with Crippen LogP contribution in [0, 0.1) is 5.92 Å². The van der Waals surface area contributed by atoms with Gasteiger partial charge in [0, 0.05) is 13.2 Å². The Balaban J connectivity index is 1.78. The van der Waals surface area contributed by atoms with E-state index in [1.54, 1.807) is 0 Å². The molecule has 2 aliphatic rings. The van der Waals surface area contributed by atoms with Gasteiger partial charge in [0.2, 0.25) is 0 Å². The number of hydrogen-bond acceptors (Lipinski definition) is 2. The molecule has 0 aromatic carbocycles. The van der Waals surface area contributed by atoms with Crippen LogP contribution in [0.25, 0.3) is 0 Å². The van der Waals surface area contributed by atoms with Gasteiger partial charge in [-0.2, -0.15) is 0 Å². The van der Waals surface area contributed by atoms with Crippen LogP contribution in [-0.2, 0) is 4.74 Å². The molecule has 0 aromatic heterocycles. The number of hydrogen-bond donors (Lipinski definition) is 1. The van der Waals surface area contributed by atoms with Gasteiger partial charge in [-0.05, 0) is 31.6 Å². The van der Waals surface area contributed by atoms with E-state index in [2.05, 4.69) is 0 Å². The summed E-state index contributed by atoms with van der Waals surface area (Å²) < 4.78 is 5.22. The highest BCUT2D eigenvalue weighted by atomic mass is 16.5. The molecule has 1 saturated heterocycles. The quantitative estimate of drug-likeness (QED) is 0.621. The zero-order valence-corrected chi connectivity index (χ0v) is 6.18. The lowest BCUT2D eigenvalue weighted by atomic mass is 10.00. The third-order valence-corrected chi connectivity index (χ3v) is 2.52. The molecule has 1 heterocycles. The summed E-state index contributed by atoms with van der Waals surface area (Å²) >= 11 is 0. The van der Waals surface area contributed by atoms with E-state index < -0.39 is 0 Å². The summed E-state index contributed by atoms with van der Waals surface area (Å²) in [5.41, 5.74) is -0.266. The SMILES string of the molecule is OC1(CC2CCOC2)CC1. The molecule has 1 atom stereocenters. The van der Waals surface area contributed by atoms with Crippen LogP contribution < -0.4 is 0 Å². The maximum absolute atomic E-state index is 9.53. The Bertz CT molecular complexity index is 123. The first-order valence-electron chi connectivity index (χ1n) is 4.09. The van der Waals surface area contributed by atoms with Crippen molar-refractivity contribution in [1.82, 2.24) is 0 Å². The molecule has 0 spiro atoms. The van der Waals surface area contributed by atoms with E-state index in [0.717, 1.165) is 38.9 Å². The van der Waals surface area contributed by atoms with Gasteiger partial charge in [0.15, 0.2) is 0 Å². The fourth-order valence-corrected chi connectivity index (χ4v) is 1.63. The van der Waals surface area contributed by atoms with Gasteiger partial charge in [-0.1, -0.05) is 0 Å². The average molecular weight is 142 g/mol. The molecule has 10 heavy (non-hydrogen) atoms. The van der Waals surface area contributed by atoms with Gasteiger partial charge in [0.05, 0.1) is 5.60 Å². The molecule has 0 amide bonds. The Labute approximate surface area is 61.2 Å². The Kier molecular flexibility index (Phi) is 1.46. The molecule has 0 bridgehead atoms. The predicted octanol–water partition coefficient (Wildman–Crippen LogP) is 0.938. The third kappa shape index (κ3) is 1.32. The van der Waals surface area contributed by atoms with Gasteiger partial charge in [0.1, 0.15) is 0 Å². The van der Waals surface area contributed by atoms with Gasteiger partial charge in [0.25, 0.3) is 0 Å². The van der Waals surface area contributed by atoms with Crippen LogP contribution in [0.5, 0.6) is 0 Å². The molecule has 58 valence electrons. The summed E-state index contributed by atoms with van der Waals surface area (Å²) in [5.74, 6) is 0.646. The van der Waals surface area contributed by atoms with Crippen molar-refractivity contribution < 1.29 is 9.84 Å². The number of rotatable bonds is 2. The highest BCUT2D eigenvalue weighted by Gasteiger charge is 2.42. The van der Waals surface area contributed by atoms with Crippen LogP contribution >= 0.6 is 0 Å². The van der Waals surface area contributed by atoms with E-state index in [0.29, 0.717) is 5.92 Å². The second-order valence-corrected chi connectivity index (χ2v) is 3.66. The zero-order chi connectivity index (χ0) is 7.03. The van der Waals surface area contributed by atoms with Gasteiger partial charge in [-0.3, -0.25) is 0 Å². The smallest absolute Gasteiger partial charge is 0.0653 e. The maximum Gasteiger partial charge on any atom is 0.0653 e. The van der Waals surface area contributed by atoms with E-state index in [4.69, 9.17) is 4.74 Å². The van der Waals surface area contributed by atoms with Crippen molar-refractivity contribution >= 4 is 0 Å². The second kappa shape index (κ2) is 2.21. The standard InChI is InChI=1S/C8H14O2/c9-8(2-3-8)5-7-1-4-10-6-7/h7,9H,1-6H2. The van der Waals surface area contributed by atoms with E-state index >= 15 is 0 Å². The molecule has 1 N–H and O–H groups in total. The molecule has 1 unspecified atom stereocenters. The minimum Gasteiger partial charge on any atom is -0.390 e. The first-order chi connectivity index (χ1) is 4.79. The molecular weight excluding hydrogens is 128 g/mol. The number of aliphatic hydroxyl groups is 1. The Hall–Kier alpha value is -0.0800. The molecule has 0 aromatic rings. The molecular formula is C8H14O2. The monoisotopic (exact) mass is 142 g/mol. The molecule has 1 saturated carbocycles. The van der Waals surface area contributed by atoms with Gasteiger partial charge >= 0.3 is 0 Å². The highest BCUT2D eigenvalue weighted by Crippen LogP contribution is 2.42. The van der Waals surface area contributed by atoms with Crippen LogP contribution in [0.15, 0.2) is 0 Å². The molecule has 1 aliphatic heterocycles. The van der Waals surface area contributed by atoms with Crippen molar-refractivity contribution in [3.8, 4) is 0 Å². The van der Waals surface area contributed by atoms with Crippen LogP contribution in [0.1, 0.15) is 25.7 Å². The summed E-state index contributed by atoms with van der Waals surface area (Å²) in [6.45, 7) is 1.78. The normalized spacial score (nSPS) is 36.3. The summed E-state index contributed by atoms with van der Waals surface area (Å²) in [7, 11) is 0. The van der Waals surface area contributed by atoms with Crippen LogP contribution in [0.4, 0.5) is 0 Å². The average Bonchev–Trinajstić information content (AvgIpc) is 2.47. The first-order valence-corrected chi connectivity index (χ1v) is 4.09. The van der Waals surface area contributed by atoms with Crippen LogP contribution in [0.2, 0.25) is 0 Å². The summed E-state index contributed by atoms with van der Waals surface area (Å²) in [4.78, 5) is 0. The lowest BCUT2D eigenvalue weighted by Crippen LogP contribution is -2.14. The lowest BCUT2D eigenvalue weighted by molar-refractivity contribution is 0.109. The Morgan fingerprint density at radius 2 is 2.30 bits per heavy atom. The number of ether oxygens (including phenoxy) is 1. The fourth-order valence-electron chi connectivity index (χ4n) is 1.63. The summed E-state index contributed by atoms with van der Waals surface area (Å²) in [5, 5.41) is 9.53. The van der Waals surface area contributed by atoms with Crippen molar-refractivity contribution in [2.75, 3.05) is 13.2 Å². The minimum atomic E-state index is -0.266. The van der Waals surface area contributed by atoms with E-state index in [1.807, 2.05) is 0 Å². The van der Waals surface area contributed by atoms with Crippen molar-refractivity contribution in [1.29, 1.82) is 0 Å². The molecule has 2 nitrogen and oxygen atoms in total. The van der Waals surface area contributed by atoms with Crippen molar-refractivity contribution in [3.05, 3.63) is 0 Å². The van der Waals surface area contributed by atoms with E-state index in [1.165, 1.54) is 0 Å². The van der Waals surface area contributed by atoms with E-state index in [-0.39, 0.29) is 5.60 Å². The Morgan fingerprint density at radius 3 is 2.80 bits per heavy atom. The second-order valence-electron chi connectivity index (χ2n) is 3.66. The first kappa shape index (κ1) is 6.62. The molecule has 2 rings (SSSR count). The largest absolute Gasteiger partial charge is 0.390 e. The minimum absolute atomic E-state index is 0.266. The van der Waals surface area contributed by atoms with Crippen molar-refractivity contribution in [3.63, 3.8) is 0 Å². The van der Waals surface area contributed by atoms with Crippen molar-refractivity contribution in [2.24, 2.45) is 5.92 Å². The molecule has 0 radical (unpaired) electrons. The van der Waals surface area contributed by atoms with E-state index in [9.17, 15) is 5.11 Å². The third-order valence-electron chi connectivity index (χ3n) is 2.52. The van der Waals surface area contributed by atoms with Crippen molar-refractivity contribution in [2.45, 2.75) is 31.3 Å². The predicted molar refractivity (Wildman–Crippen MR) is 37.7 cm³/mol.